The SMILES string of the molecule is CNC(=O)NSCCN(C)c1ccc(N)nn1. The molecule has 0 atom stereocenters. The molecule has 4 N–H and O–H groups in total. The first-order chi connectivity index (χ1) is 8.13. The van der Waals surface area contributed by atoms with Crippen LogP contribution in [0.3, 0.4) is 0 Å². The Morgan fingerprint density at radius 1 is 1.53 bits per heavy atom. The second kappa shape index (κ2) is 6.79. The fraction of sp³-hybridized carbons (Fsp3) is 0.444. The van der Waals surface area contributed by atoms with Gasteiger partial charge in [0.1, 0.15) is 5.82 Å². The molecule has 0 bridgehead atoms. The van der Waals surface area contributed by atoms with Gasteiger partial charge in [0.2, 0.25) is 0 Å². The Hall–Kier alpha value is -1.70. The number of hydrogen-bond donors (Lipinski definition) is 3. The quantitative estimate of drug-likeness (QED) is 0.510. The minimum Gasteiger partial charge on any atom is -0.382 e. The highest BCUT2D eigenvalue weighted by Gasteiger charge is 2.03. The van der Waals surface area contributed by atoms with Gasteiger partial charge >= 0.3 is 6.03 Å². The van der Waals surface area contributed by atoms with Crippen molar-refractivity contribution in [2.45, 2.75) is 0 Å². The summed E-state index contributed by atoms with van der Waals surface area (Å²) >= 11 is 1.34. The second-order valence-corrected chi connectivity index (χ2v) is 4.17. The molecule has 0 aromatic carbocycles. The van der Waals surface area contributed by atoms with E-state index in [-0.39, 0.29) is 6.03 Å². The van der Waals surface area contributed by atoms with E-state index >= 15 is 0 Å². The minimum absolute atomic E-state index is 0.204. The Morgan fingerprint density at radius 3 is 2.88 bits per heavy atom. The lowest BCUT2D eigenvalue weighted by Crippen LogP contribution is -2.29. The van der Waals surface area contributed by atoms with Crippen molar-refractivity contribution in [3.05, 3.63) is 12.1 Å². The summed E-state index contributed by atoms with van der Waals surface area (Å²) in [4.78, 5) is 12.8. The Bertz CT molecular complexity index is 357. The van der Waals surface area contributed by atoms with Gasteiger partial charge in [0, 0.05) is 26.4 Å². The molecule has 0 saturated heterocycles. The number of nitrogen functional groups attached to an aromatic ring is 1. The van der Waals surface area contributed by atoms with Gasteiger partial charge in [-0.25, -0.2) is 4.79 Å². The molecule has 0 saturated carbocycles. The van der Waals surface area contributed by atoms with Crippen LogP contribution in [0, 0.1) is 0 Å². The number of carbonyl (C=O) groups excluding carboxylic acids is 1. The maximum atomic E-state index is 10.9. The molecule has 1 aromatic heterocycles. The van der Waals surface area contributed by atoms with Gasteiger partial charge in [-0.2, -0.15) is 0 Å². The molecule has 0 aliphatic heterocycles. The summed E-state index contributed by atoms with van der Waals surface area (Å²) in [6.07, 6.45) is 0. The van der Waals surface area contributed by atoms with Crippen LogP contribution in [-0.2, 0) is 0 Å². The average Bonchev–Trinajstić information content (AvgIpc) is 2.34. The van der Waals surface area contributed by atoms with E-state index in [9.17, 15) is 4.79 Å². The van der Waals surface area contributed by atoms with Crippen molar-refractivity contribution in [3.63, 3.8) is 0 Å². The largest absolute Gasteiger partial charge is 0.382 e. The van der Waals surface area contributed by atoms with Crippen molar-refractivity contribution < 1.29 is 4.79 Å². The van der Waals surface area contributed by atoms with Gasteiger partial charge in [0.05, 0.1) is 0 Å². The van der Waals surface area contributed by atoms with Crippen LogP contribution in [0.2, 0.25) is 0 Å². The summed E-state index contributed by atoms with van der Waals surface area (Å²) in [5.41, 5.74) is 5.45. The molecule has 0 radical (unpaired) electrons. The Balaban J connectivity index is 2.27. The molecule has 0 aliphatic carbocycles. The molecule has 1 heterocycles. The van der Waals surface area contributed by atoms with Crippen molar-refractivity contribution in [1.82, 2.24) is 20.2 Å². The fourth-order valence-corrected chi connectivity index (χ4v) is 1.70. The molecule has 2 amide bonds. The summed E-state index contributed by atoms with van der Waals surface area (Å²) in [7, 11) is 3.48. The van der Waals surface area contributed by atoms with Crippen molar-refractivity contribution in [1.29, 1.82) is 0 Å². The molecule has 0 fully saturated rings. The van der Waals surface area contributed by atoms with Gasteiger partial charge in [-0.05, 0) is 24.1 Å². The van der Waals surface area contributed by atoms with Crippen molar-refractivity contribution in [2.24, 2.45) is 0 Å². The summed E-state index contributed by atoms with van der Waals surface area (Å²) in [6.45, 7) is 0.743. The Morgan fingerprint density at radius 2 is 2.29 bits per heavy atom. The normalized spacial score (nSPS) is 9.76. The molecule has 94 valence electrons. The highest BCUT2D eigenvalue weighted by molar-refractivity contribution is 7.97. The van der Waals surface area contributed by atoms with Crippen LogP contribution in [-0.4, -0.2) is 42.6 Å². The Labute approximate surface area is 104 Å². The fourth-order valence-electron chi connectivity index (χ4n) is 1.00. The topological polar surface area (TPSA) is 96.2 Å². The number of nitrogens with two attached hydrogens (primary N) is 1. The lowest BCUT2D eigenvalue weighted by molar-refractivity contribution is 0.248. The van der Waals surface area contributed by atoms with Crippen LogP contribution >= 0.6 is 11.9 Å². The Kier molecular flexibility index (Phi) is 5.34. The highest BCUT2D eigenvalue weighted by atomic mass is 32.2. The van der Waals surface area contributed by atoms with E-state index < -0.39 is 0 Å². The molecule has 8 heteroatoms. The summed E-state index contributed by atoms with van der Waals surface area (Å²) in [5, 5.41) is 10.2. The molecular weight excluding hydrogens is 240 g/mol. The van der Waals surface area contributed by atoms with E-state index in [2.05, 4.69) is 20.2 Å². The first-order valence-electron chi connectivity index (χ1n) is 5.03. The first-order valence-corrected chi connectivity index (χ1v) is 6.02. The van der Waals surface area contributed by atoms with Gasteiger partial charge in [0.15, 0.2) is 5.82 Å². The van der Waals surface area contributed by atoms with E-state index in [0.29, 0.717) is 5.82 Å². The third kappa shape index (κ3) is 4.77. The highest BCUT2D eigenvalue weighted by Crippen LogP contribution is 2.08. The molecule has 0 unspecified atom stereocenters. The lowest BCUT2D eigenvalue weighted by atomic mass is 10.4. The van der Waals surface area contributed by atoms with E-state index in [4.69, 9.17) is 5.73 Å². The van der Waals surface area contributed by atoms with Crippen LogP contribution in [0.15, 0.2) is 12.1 Å². The van der Waals surface area contributed by atoms with E-state index in [1.807, 2.05) is 11.9 Å². The van der Waals surface area contributed by atoms with Crippen LogP contribution in [0.1, 0.15) is 0 Å². The first kappa shape index (κ1) is 13.4. The smallest absolute Gasteiger partial charge is 0.324 e. The molecule has 0 spiro atoms. The summed E-state index contributed by atoms with van der Waals surface area (Å²) in [5.74, 6) is 1.90. The molecule has 0 aliphatic rings. The van der Waals surface area contributed by atoms with Crippen LogP contribution in [0.5, 0.6) is 0 Å². The zero-order valence-corrected chi connectivity index (χ0v) is 10.6. The van der Waals surface area contributed by atoms with Gasteiger partial charge in [0.25, 0.3) is 0 Å². The van der Waals surface area contributed by atoms with E-state index in [1.165, 1.54) is 11.9 Å². The predicted molar refractivity (Wildman–Crippen MR) is 69.8 cm³/mol. The number of amides is 2. The van der Waals surface area contributed by atoms with E-state index in [0.717, 1.165) is 18.1 Å². The molecule has 1 rings (SSSR count). The van der Waals surface area contributed by atoms with Crippen molar-refractivity contribution >= 4 is 29.6 Å². The van der Waals surface area contributed by atoms with Crippen molar-refractivity contribution in [3.8, 4) is 0 Å². The maximum absolute atomic E-state index is 10.9. The number of nitrogens with zero attached hydrogens (tertiary/aromatic N) is 3. The number of rotatable bonds is 5. The third-order valence-electron chi connectivity index (χ3n) is 1.98. The van der Waals surface area contributed by atoms with Crippen LogP contribution in [0.25, 0.3) is 0 Å². The zero-order chi connectivity index (χ0) is 12.7. The number of nitrogens with one attached hydrogen (secondary N) is 2. The standard InChI is InChI=1S/C9H16N6OS/c1-11-9(16)14-17-6-5-15(2)8-4-3-7(10)12-13-8/h3-4H,5-6H2,1-2H3,(H2,10,12)(H2,11,14,16). The minimum atomic E-state index is -0.204. The third-order valence-corrected chi connectivity index (χ3v) is 2.70. The molecule has 1 aromatic rings. The second-order valence-electron chi connectivity index (χ2n) is 3.27. The predicted octanol–water partition coefficient (Wildman–Crippen LogP) is 0.0722. The lowest BCUT2D eigenvalue weighted by Gasteiger charge is -2.16. The summed E-state index contributed by atoms with van der Waals surface area (Å²) in [6, 6.07) is 3.30. The number of hydrogen-bond acceptors (Lipinski definition) is 6. The monoisotopic (exact) mass is 256 g/mol. The van der Waals surface area contributed by atoms with Crippen LogP contribution in [0.4, 0.5) is 16.4 Å². The molecule has 7 nitrogen and oxygen atoms in total. The molecule has 17 heavy (non-hydrogen) atoms. The summed E-state index contributed by atoms with van der Waals surface area (Å²) < 4.78 is 2.63. The van der Waals surface area contributed by atoms with Gasteiger partial charge in [-0.3, -0.25) is 4.72 Å². The maximum Gasteiger partial charge on any atom is 0.324 e. The molecular formula is C9H16N6OS. The van der Waals surface area contributed by atoms with Gasteiger partial charge in [-0.15, -0.1) is 10.2 Å². The zero-order valence-electron chi connectivity index (χ0n) is 9.80. The average molecular weight is 256 g/mol. The number of anilines is 2. The van der Waals surface area contributed by atoms with Crippen molar-refractivity contribution in [2.75, 3.05) is 37.0 Å². The van der Waals surface area contributed by atoms with E-state index in [1.54, 1.807) is 19.2 Å². The number of aromatic nitrogens is 2. The number of carbonyl (C=O) groups is 1. The van der Waals surface area contributed by atoms with Crippen LogP contribution < -0.4 is 20.7 Å². The van der Waals surface area contributed by atoms with Gasteiger partial charge < -0.3 is 16.0 Å². The number of urea groups is 1. The van der Waals surface area contributed by atoms with Gasteiger partial charge in [-0.1, -0.05) is 0 Å².